The molecule has 2 unspecified atom stereocenters. The molecule has 0 amide bonds. The van der Waals surface area contributed by atoms with Gasteiger partial charge in [0.15, 0.2) is 0 Å². The molecule has 84 valence electrons. The smallest absolute Gasteiger partial charge is 0.0375 e. The first kappa shape index (κ1) is 12.2. The standard InChI is InChI=1S/C13H22N2/c1-5-10(3)13(14-6-2)12-7-8-15-11(4)9-12/h7-10,13-14H,5-6H2,1-4H3. The van der Waals surface area contributed by atoms with Gasteiger partial charge in [-0.25, -0.2) is 0 Å². The lowest BCUT2D eigenvalue weighted by Gasteiger charge is -2.24. The van der Waals surface area contributed by atoms with Gasteiger partial charge in [-0.05, 0) is 37.1 Å². The maximum absolute atomic E-state index is 4.24. The second-order valence-electron chi connectivity index (χ2n) is 4.15. The Hall–Kier alpha value is -0.890. The van der Waals surface area contributed by atoms with Gasteiger partial charge in [0.05, 0.1) is 0 Å². The number of aromatic nitrogens is 1. The van der Waals surface area contributed by atoms with Crippen molar-refractivity contribution in [1.29, 1.82) is 0 Å². The predicted octanol–water partition coefficient (Wildman–Crippen LogP) is 3.09. The van der Waals surface area contributed by atoms with Gasteiger partial charge in [-0.1, -0.05) is 27.2 Å². The minimum absolute atomic E-state index is 0.460. The molecule has 0 saturated heterocycles. The lowest BCUT2D eigenvalue weighted by atomic mass is 9.92. The summed E-state index contributed by atoms with van der Waals surface area (Å²) in [4.78, 5) is 4.24. The van der Waals surface area contributed by atoms with Crippen molar-refractivity contribution < 1.29 is 0 Å². The quantitative estimate of drug-likeness (QED) is 0.800. The van der Waals surface area contributed by atoms with Gasteiger partial charge in [0.25, 0.3) is 0 Å². The average molecular weight is 206 g/mol. The number of nitrogens with one attached hydrogen (secondary N) is 1. The molecule has 1 aromatic heterocycles. The lowest BCUT2D eigenvalue weighted by molar-refractivity contribution is 0.383. The van der Waals surface area contributed by atoms with E-state index in [0.717, 1.165) is 12.2 Å². The molecule has 1 rings (SSSR count). The van der Waals surface area contributed by atoms with Crippen LogP contribution in [0.4, 0.5) is 0 Å². The van der Waals surface area contributed by atoms with Crippen LogP contribution in [0.5, 0.6) is 0 Å². The van der Waals surface area contributed by atoms with Crippen LogP contribution in [-0.4, -0.2) is 11.5 Å². The Balaban J connectivity index is 2.88. The maximum atomic E-state index is 4.24. The van der Waals surface area contributed by atoms with Crippen molar-refractivity contribution in [3.05, 3.63) is 29.6 Å². The molecule has 2 heteroatoms. The lowest BCUT2D eigenvalue weighted by Crippen LogP contribution is -2.26. The molecule has 0 aliphatic rings. The first-order valence-electron chi connectivity index (χ1n) is 5.85. The van der Waals surface area contributed by atoms with E-state index in [4.69, 9.17) is 0 Å². The molecule has 0 fully saturated rings. The van der Waals surface area contributed by atoms with E-state index in [9.17, 15) is 0 Å². The zero-order valence-corrected chi connectivity index (χ0v) is 10.2. The Kier molecular flexibility index (Phi) is 4.76. The summed E-state index contributed by atoms with van der Waals surface area (Å²) < 4.78 is 0. The van der Waals surface area contributed by atoms with Crippen molar-refractivity contribution in [3.8, 4) is 0 Å². The fraction of sp³-hybridized carbons (Fsp3) is 0.615. The van der Waals surface area contributed by atoms with E-state index >= 15 is 0 Å². The van der Waals surface area contributed by atoms with Gasteiger partial charge in [0.1, 0.15) is 0 Å². The second kappa shape index (κ2) is 5.86. The summed E-state index contributed by atoms with van der Waals surface area (Å²) in [7, 11) is 0. The average Bonchev–Trinajstić information content (AvgIpc) is 2.25. The minimum Gasteiger partial charge on any atom is -0.310 e. The number of pyridine rings is 1. The molecular formula is C13H22N2. The third kappa shape index (κ3) is 3.31. The molecule has 0 aliphatic carbocycles. The molecule has 0 bridgehead atoms. The third-order valence-electron chi connectivity index (χ3n) is 2.92. The summed E-state index contributed by atoms with van der Waals surface area (Å²) in [6, 6.07) is 4.76. The van der Waals surface area contributed by atoms with E-state index in [2.05, 4.69) is 43.2 Å². The van der Waals surface area contributed by atoms with Gasteiger partial charge in [-0.3, -0.25) is 4.98 Å². The highest BCUT2D eigenvalue weighted by molar-refractivity contribution is 5.20. The molecule has 0 saturated carbocycles. The Morgan fingerprint density at radius 2 is 2.13 bits per heavy atom. The van der Waals surface area contributed by atoms with Crippen LogP contribution in [0.15, 0.2) is 18.3 Å². The first-order valence-corrected chi connectivity index (χ1v) is 5.85. The molecule has 0 aromatic carbocycles. The van der Waals surface area contributed by atoms with E-state index in [1.807, 2.05) is 13.1 Å². The summed E-state index contributed by atoms with van der Waals surface area (Å²) in [5.41, 5.74) is 2.46. The summed E-state index contributed by atoms with van der Waals surface area (Å²) in [5.74, 6) is 0.659. The molecule has 1 aromatic rings. The maximum Gasteiger partial charge on any atom is 0.0375 e. The number of nitrogens with zero attached hydrogens (tertiary/aromatic N) is 1. The van der Waals surface area contributed by atoms with Crippen molar-refractivity contribution in [3.63, 3.8) is 0 Å². The molecule has 0 spiro atoms. The van der Waals surface area contributed by atoms with Gasteiger partial charge >= 0.3 is 0 Å². The fourth-order valence-electron chi connectivity index (χ4n) is 1.86. The van der Waals surface area contributed by atoms with Crippen LogP contribution in [0.3, 0.4) is 0 Å². The fourth-order valence-corrected chi connectivity index (χ4v) is 1.86. The van der Waals surface area contributed by atoms with Crippen LogP contribution in [0.25, 0.3) is 0 Å². The summed E-state index contributed by atoms with van der Waals surface area (Å²) in [5, 5.41) is 3.55. The number of rotatable bonds is 5. The summed E-state index contributed by atoms with van der Waals surface area (Å²) in [6.45, 7) is 9.75. The van der Waals surface area contributed by atoms with Crippen molar-refractivity contribution in [1.82, 2.24) is 10.3 Å². The molecule has 2 nitrogen and oxygen atoms in total. The van der Waals surface area contributed by atoms with Crippen LogP contribution in [0.1, 0.15) is 44.5 Å². The topological polar surface area (TPSA) is 24.9 Å². The van der Waals surface area contributed by atoms with Crippen molar-refractivity contribution in [2.75, 3.05) is 6.54 Å². The Morgan fingerprint density at radius 1 is 1.40 bits per heavy atom. The number of hydrogen-bond acceptors (Lipinski definition) is 2. The van der Waals surface area contributed by atoms with Gasteiger partial charge in [0, 0.05) is 17.9 Å². The zero-order valence-electron chi connectivity index (χ0n) is 10.2. The highest BCUT2D eigenvalue weighted by Gasteiger charge is 2.16. The van der Waals surface area contributed by atoms with Gasteiger partial charge < -0.3 is 5.32 Å². The van der Waals surface area contributed by atoms with Crippen LogP contribution in [0.2, 0.25) is 0 Å². The number of hydrogen-bond donors (Lipinski definition) is 1. The van der Waals surface area contributed by atoms with Crippen LogP contribution in [-0.2, 0) is 0 Å². The van der Waals surface area contributed by atoms with Crippen molar-refractivity contribution >= 4 is 0 Å². The molecule has 0 radical (unpaired) electrons. The summed E-state index contributed by atoms with van der Waals surface area (Å²) in [6.07, 6.45) is 3.09. The third-order valence-corrected chi connectivity index (χ3v) is 2.92. The molecule has 0 aliphatic heterocycles. The second-order valence-corrected chi connectivity index (χ2v) is 4.15. The largest absolute Gasteiger partial charge is 0.310 e. The van der Waals surface area contributed by atoms with Crippen molar-refractivity contribution in [2.24, 2.45) is 5.92 Å². The monoisotopic (exact) mass is 206 g/mol. The molecular weight excluding hydrogens is 184 g/mol. The highest BCUT2D eigenvalue weighted by Crippen LogP contribution is 2.24. The zero-order chi connectivity index (χ0) is 11.3. The first-order chi connectivity index (χ1) is 7.19. The SMILES string of the molecule is CCNC(c1ccnc(C)c1)C(C)CC. The normalized spacial score (nSPS) is 14.9. The Morgan fingerprint density at radius 3 is 2.67 bits per heavy atom. The van der Waals surface area contributed by atoms with Gasteiger partial charge in [-0.2, -0.15) is 0 Å². The molecule has 2 atom stereocenters. The minimum atomic E-state index is 0.460. The predicted molar refractivity (Wildman–Crippen MR) is 64.8 cm³/mol. The molecule has 15 heavy (non-hydrogen) atoms. The highest BCUT2D eigenvalue weighted by atomic mass is 14.9. The molecule has 1 N–H and O–H groups in total. The van der Waals surface area contributed by atoms with Gasteiger partial charge in [0.2, 0.25) is 0 Å². The van der Waals surface area contributed by atoms with Crippen LogP contribution in [0, 0.1) is 12.8 Å². The van der Waals surface area contributed by atoms with E-state index in [-0.39, 0.29) is 0 Å². The summed E-state index contributed by atoms with van der Waals surface area (Å²) >= 11 is 0. The van der Waals surface area contributed by atoms with E-state index in [1.165, 1.54) is 12.0 Å². The van der Waals surface area contributed by atoms with Gasteiger partial charge in [-0.15, -0.1) is 0 Å². The Labute approximate surface area is 93.1 Å². The van der Waals surface area contributed by atoms with Crippen LogP contribution >= 0.6 is 0 Å². The Bertz CT molecular complexity index is 296. The van der Waals surface area contributed by atoms with E-state index in [1.54, 1.807) is 0 Å². The van der Waals surface area contributed by atoms with Crippen LogP contribution < -0.4 is 5.32 Å². The van der Waals surface area contributed by atoms with E-state index < -0.39 is 0 Å². The molecule has 1 heterocycles. The van der Waals surface area contributed by atoms with E-state index in [0.29, 0.717) is 12.0 Å². The number of aryl methyl sites for hydroxylation is 1. The van der Waals surface area contributed by atoms with Crippen molar-refractivity contribution in [2.45, 2.75) is 40.2 Å².